The van der Waals surface area contributed by atoms with Crippen LogP contribution in [0.3, 0.4) is 0 Å². The molecule has 35 heavy (non-hydrogen) atoms. The van der Waals surface area contributed by atoms with E-state index < -0.39 is 17.0 Å². The molecule has 0 spiro atoms. The number of ketones is 1. The van der Waals surface area contributed by atoms with E-state index in [4.69, 9.17) is 22.1 Å². The molecule has 0 amide bonds. The molecular formula is C25H19ClFN5O3. The lowest BCUT2D eigenvalue weighted by Gasteiger charge is -2.10. The molecule has 5 rings (SSSR count). The number of rotatable bonds is 7. The van der Waals surface area contributed by atoms with Crippen LogP contribution in [0.5, 0.6) is 11.5 Å². The smallest absolute Gasteiger partial charge is 0.219 e. The van der Waals surface area contributed by atoms with Crippen molar-refractivity contribution in [3.05, 3.63) is 93.6 Å². The molecule has 1 fully saturated rings. The van der Waals surface area contributed by atoms with Gasteiger partial charge in [-0.2, -0.15) is 5.10 Å². The fourth-order valence-corrected chi connectivity index (χ4v) is 3.66. The summed E-state index contributed by atoms with van der Waals surface area (Å²) >= 11 is 6.14. The molecule has 0 bridgehead atoms. The van der Waals surface area contributed by atoms with Crippen LogP contribution in [0.4, 0.5) is 10.1 Å². The number of aromatic nitrogens is 4. The minimum absolute atomic E-state index is 0.132. The number of carbonyl (C=O) groups excluding carboxylic acids is 1. The Morgan fingerprint density at radius 3 is 2.54 bits per heavy atom. The first-order valence-corrected chi connectivity index (χ1v) is 11.2. The average molecular weight is 492 g/mol. The van der Waals surface area contributed by atoms with Crippen LogP contribution in [0.25, 0.3) is 11.1 Å². The molecule has 1 aliphatic carbocycles. The van der Waals surface area contributed by atoms with E-state index in [-0.39, 0.29) is 29.0 Å². The second kappa shape index (κ2) is 9.27. The quantitative estimate of drug-likeness (QED) is 0.296. The van der Waals surface area contributed by atoms with Crippen molar-refractivity contribution in [2.24, 2.45) is 0 Å². The summed E-state index contributed by atoms with van der Waals surface area (Å²) in [7, 11) is 0. The Kier molecular flexibility index (Phi) is 6.00. The fourth-order valence-electron chi connectivity index (χ4n) is 3.50. The molecule has 176 valence electrons. The molecule has 2 aromatic heterocycles. The molecular weight excluding hydrogens is 473 g/mol. The molecule has 1 saturated carbocycles. The van der Waals surface area contributed by atoms with Crippen LogP contribution in [0, 0.1) is 5.82 Å². The number of carbonyl (C=O) groups is 1. The predicted octanol–water partition coefficient (Wildman–Crippen LogP) is 4.63. The van der Waals surface area contributed by atoms with Gasteiger partial charge in [0.15, 0.2) is 17.2 Å². The monoisotopic (exact) mass is 491 g/mol. The number of ether oxygens (including phenoxy) is 1. The van der Waals surface area contributed by atoms with Gasteiger partial charge in [-0.15, -0.1) is 0 Å². The number of nitrogen functional groups attached to an aromatic ring is 1. The van der Waals surface area contributed by atoms with Crippen molar-refractivity contribution >= 4 is 23.1 Å². The van der Waals surface area contributed by atoms with E-state index in [0.717, 1.165) is 12.8 Å². The van der Waals surface area contributed by atoms with Crippen LogP contribution in [-0.4, -0.2) is 25.5 Å². The second-order valence-electron chi connectivity index (χ2n) is 8.13. The van der Waals surface area contributed by atoms with Crippen molar-refractivity contribution in [3.63, 3.8) is 0 Å². The SMILES string of the molecule is Nc1cccc(Oc2cnc(CC(=O)c3nn(C4CC4)cc(-c4ccc(F)cc4)c3=O)nc2)c1Cl. The van der Waals surface area contributed by atoms with Gasteiger partial charge in [0, 0.05) is 11.8 Å². The molecule has 2 heterocycles. The molecule has 1 aliphatic rings. The summed E-state index contributed by atoms with van der Waals surface area (Å²) in [6.45, 7) is 0. The first-order chi connectivity index (χ1) is 16.9. The van der Waals surface area contributed by atoms with Crippen LogP contribution in [0.1, 0.15) is 35.2 Å². The maximum Gasteiger partial charge on any atom is 0.219 e. The van der Waals surface area contributed by atoms with E-state index in [9.17, 15) is 14.0 Å². The maximum absolute atomic E-state index is 13.4. The number of halogens is 2. The topological polar surface area (TPSA) is 113 Å². The van der Waals surface area contributed by atoms with E-state index in [1.807, 2.05) is 0 Å². The van der Waals surface area contributed by atoms with E-state index in [1.54, 1.807) is 29.1 Å². The van der Waals surface area contributed by atoms with Crippen molar-refractivity contribution < 1.29 is 13.9 Å². The number of nitrogens with two attached hydrogens (primary N) is 1. The number of anilines is 1. The Morgan fingerprint density at radius 1 is 1.14 bits per heavy atom. The maximum atomic E-state index is 13.4. The van der Waals surface area contributed by atoms with Crippen molar-refractivity contribution in [3.8, 4) is 22.6 Å². The third-order valence-corrected chi connectivity index (χ3v) is 5.90. The van der Waals surface area contributed by atoms with Gasteiger partial charge in [-0.3, -0.25) is 14.3 Å². The van der Waals surface area contributed by atoms with Crippen LogP contribution in [0.2, 0.25) is 5.02 Å². The Morgan fingerprint density at radius 2 is 1.86 bits per heavy atom. The van der Waals surface area contributed by atoms with Gasteiger partial charge in [-0.05, 0) is 42.7 Å². The summed E-state index contributed by atoms with van der Waals surface area (Å²) in [6.07, 6.45) is 6.02. The zero-order valence-electron chi connectivity index (χ0n) is 18.3. The van der Waals surface area contributed by atoms with Gasteiger partial charge < -0.3 is 10.5 Å². The summed E-state index contributed by atoms with van der Waals surface area (Å²) in [5.41, 5.74) is 6.24. The van der Waals surface area contributed by atoms with E-state index in [0.29, 0.717) is 28.3 Å². The Bertz CT molecular complexity index is 1470. The van der Waals surface area contributed by atoms with Crippen molar-refractivity contribution in [1.29, 1.82) is 0 Å². The standard InChI is InChI=1S/C25H19ClFN5O3/c26-23-19(28)2-1-3-21(23)35-17-11-29-22(30-12-17)10-20(33)24-25(34)18(13-32(31-24)16-8-9-16)14-4-6-15(27)7-5-14/h1-7,11-13,16H,8-10,28H2. The van der Waals surface area contributed by atoms with Gasteiger partial charge in [0.05, 0.1) is 30.5 Å². The Balaban J connectivity index is 1.39. The summed E-state index contributed by atoms with van der Waals surface area (Å²) in [5, 5.41) is 4.57. The highest BCUT2D eigenvalue weighted by Gasteiger charge is 2.27. The van der Waals surface area contributed by atoms with Gasteiger partial charge in [0.25, 0.3) is 0 Å². The van der Waals surface area contributed by atoms with Crippen LogP contribution >= 0.6 is 11.6 Å². The number of hydrogen-bond donors (Lipinski definition) is 1. The molecule has 0 saturated heterocycles. The predicted molar refractivity (Wildman–Crippen MR) is 128 cm³/mol. The minimum Gasteiger partial charge on any atom is -0.452 e. The zero-order chi connectivity index (χ0) is 24.5. The highest BCUT2D eigenvalue weighted by atomic mass is 35.5. The molecule has 2 aromatic carbocycles. The lowest BCUT2D eigenvalue weighted by molar-refractivity contribution is 0.0982. The molecule has 10 heteroatoms. The summed E-state index contributed by atoms with van der Waals surface area (Å²) in [4.78, 5) is 34.5. The van der Waals surface area contributed by atoms with Gasteiger partial charge in [0.1, 0.15) is 22.4 Å². The molecule has 0 radical (unpaired) electrons. The molecule has 8 nitrogen and oxygen atoms in total. The number of benzene rings is 2. The van der Waals surface area contributed by atoms with Crippen LogP contribution in [-0.2, 0) is 6.42 Å². The van der Waals surface area contributed by atoms with Gasteiger partial charge in [0.2, 0.25) is 5.43 Å². The molecule has 0 atom stereocenters. The number of nitrogens with zero attached hydrogens (tertiary/aromatic N) is 4. The van der Waals surface area contributed by atoms with Crippen LogP contribution < -0.4 is 15.9 Å². The first kappa shape index (κ1) is 22.7. The van der Waals surface area contributed by atoms with E-state index in [2.05, 4.69) is 15.1 Å². The molecule has 0 unspecified atom stereocenters. The lowest BCUT2D eigenvalue weighted by Crippen LogP contribution is -2.25. The fraction of sp³-hybridized carbons (Fsp3) is 0.160. The molecule has 4 aromatic rings. The Hall–Kier alpha value is -4.11. The van der Waals surface area contributed by atoms with Gasteiger partial charge >= 0.3 is 0 Å². The highest BCUT2D eigenvalue weighted by molar-refractivity contribution is 6.34. The number of Topliss-reactive ketones (excluding diaryl/α,β-unsaturated/α-hetero) is 1. The summed E-state index contributed by atoms with van der Waals surface area (Å²) < 4.78 is 20.7. The van der Waals surface area contributed by atoms with Crippen molar-refractivity contribution in [1.82, 2.24) is 19.7 Å². The third-order valence-electron chi connectivity index (χ3n) is 5.50. The second-order valence-corrected chi connectivity index (χ2v) is 8.51. The number of hydrogen-bond acceptors (Lipinski definition) is 7. The normalized spacial score (nSPS) is 13.0. The largest absolute Gasteiger partial charge is 0.452 e. The van der Waals surface area contributed by atoms with Crippen molar-refractivity contribution in [2.45, 2.75) is 25.3 Å². The minimum atomic E-state index is -0.519. The highest BCUT2D eigenvalue weighted by Crippen LogP contribution is 2.35. The summed E-state index contributed by atoms with van der Waals surface area (Å²) in [5.74, 6) is -0.0692. The summed E-state index contributed by atoms with van der Waals surface area (Å²) in [6, 6.07) is 10.7. The van der Waals surface area contributed by atoms with Gasteiger partial charge in [-0.25, -0.2) is 14.4 Å². The molecule has 2 N–H and O–H groups in total. The zero-order valence-corrected chi connectivity index (χ0v) is 19.1. The third kappa shape index (κ3) is 4.90. The molecule has 0 aliphatic heterocycles. The van der Waals surface area contributed by atoms with Crippen molar-refractivity contribution in [2.75, 3.05) is 5.73 Å². The Labute approximate surface area is 204 Å². The van der Waals surface area contributed by atoms with Gasteiger partial charge in [-0.1, -0.05) is 29.8 Å². The average Bonchev–Trinajstić information content (AvgIpc) is 3.70. The lowest BCUT2D eigenvalue weighted by atomic mass is 10.0. The first-order valence-electron chi connectivity index (χ1n) is 10.8. The van der Waals surface area contributed by atoms with E-state index >= 15 is 0 Å². The van der Waals surface area contributed by atoms with Crippen LogP contribution in [0.15, 0.2) is 65.8 Å². The van der Waals surface area contributed by atoms with E-state index in [1.165, 1.54) is 36.7 Å².